The largest absolute Gasteiger partial charge is 0.481 e. The van der Waals surface area contributed by atoms with Crippen molar-refractivity contribution in [2.24, 2.45) is 18.9 Å². The normalized spacial score (nSPS) is 16.9. The van der Waals surface area contributed by atoms with Crippen LogP contribution in [0.15, 0.2) is 30.3 Å². The molecule has 0 bridgehead atoms. The zero-order chi connectivity index (χ0) is 40.1. The Morgan fingerprint density at radius 3 is 1.83 bits per heavy atom. The molecule has 0 saturated heterocycles. The molecule has 296 valence electrons. The molecule has 11 nitrogen and oxygen atoms in total. The van der Waals surface area contributed by atoms with Crippen LogP contribution in [0.4, 0.5) is 51.1 Å². The van der Waals surface area contributed by atoms with E-state index in [-0.39, 0.29) is 41.4 Å². The molecule has 4 rings (SSSR count). The first-order chi connectivity index (χ1) is 24.2. The molecule has 21 heteroatoms. The summed E-state index contributed by atoms with van der Waals surface area (Å²) in [6.45, 7) is 2.91. The van der Waals surface area contributed by atoms with E-state index in [1.54, 1.807) is 0 Å². The minimum Gasteiger partial charge on any atom is -0.481 e. The number of tetrazole rings is 1. The molecule has 1 aromatic heterocycles. The van der Waals surface area contributed by atoms with Crippen LogP contribution in [0.2, 0.25) is 0 Å². The molecule has 1 aliphatic rings. The fourth-order valence-electron chi connectivity index (χ4n) is 6.17. The van der Waals surface area contributed by atoms with Crippen molar-refractivity contribution in [1.29, 1.82) is 0 Å². The monoisotopic (exact) mass is 790 g/mol. The summed E-state index contributed by atoms with van der Waals surface area (Å²) in [7, 11) is -2.29. The second-order valence-corrected chi connectivity index (χ2v) is 14.4. The first kappa shape index (κ1) is 43.3. The van der Waals surface area contributed by atoms with E-state index in [4.69, 9.17) is 9.66 Å². The Kier molecular flexibility index (Phi) is 13.8. The second kappa shape index (κ2) is 16.9. The molecule has 0 amide bonds. The molecule has 2 aromatic carbocycles. The van der Waals surface area contributed by atoms with E-state index in [9.17, 15) is 52.7 Å². The SMILES string of the molecule is CCN(CC1CCC(CC(=O)O)CC1)c1cc(C)c(C(F)(F)F)cc1CN(Cc1cc(C(F)(F)F)cc(C(F)(F)F)c1)c1nnn(C)n1.CS(=O)(=O)O. The highest BCUT2D eigenvalue weighted by Crippen LogP contribution is 2.40. The Balaban J connectivity index is 0.00000141. The van der Waals surface area contributed by atoms with E-state index in [2.05, 4.69) is 15.4 Å². The maximum atomic E-state index is 14.1. The molecule has 0 atom stereocenters. The molecule has 1 saturated carbocycles. The molecule has 0 unspecified atom stereocenters. The lowest BCUT2D eigenvalue weighted by Gasteiger charge is -2.35. The van der Waals surface area contributed by atoms with Gasteiger partial charge in [0, 0.05) is 38.3 Å². The number of benzene rings is 2. The van der Waals surface area contributed by atoms with Gasteiger partial charge in [0.15, 0.2) is 0 Å². The summed E-state index contributed by atoms with van der Waals surface area (Å²) in [5.41, 5.74) is -4.00. The number of nitrogens with zero attached hydrogens (tertiary/aromatic N) is 6. The van der Waals surface area contributed by atoms with Crippen LogP contribution in [0.25, 0.3) is 0 Å². The van der Waals surface area contributed by atoms with Gasteiger partial charge in [-0.1, -0.05) is 5.10 Å². The topological polar surface area (TPSA) is 142 Å². The number of carboxylic acid groups (broad SMARTS) is 1. The lowest BCUT2D eigenvalue weighted by atomic mass is 9.80. The van der Waals surface area contributed by atoms with Gasteiger partial charge in [-0.25, -0.2) is 0 Å². The van der Waals surface area contributed by atoms with Gasteiger partial charge in [-0.15, -0.1) is 5.10 Å². The van der Waals surface area contributed by atoms with Crippen LogP contribution in [-0.4, -0.2) is 63.6 Å². The van der Waals surface area contributed by atoms with Crippen molar-refractivity contribution in [1.82, 2.24) is 20.2 Å². The number of halogens is 9. The summed E-state index contributed by atoms with van der Waals surface area (Å²) in [4.78, 5) is 15.2. The van der Waals surface area contributed by atoms with E-state index >= 15 is 0 Å². The zero-order valence-electron chi connectivity index (χ0n) is 29.0. The van der Waals surface area contributed by atoms with Crippen molar-refractivity contribution in [2.45, 2.75) is 77.6 Å². The molecular formula is C32H39F9N6O5S. The van der Waals surface area contributed by atoms with Gasteiger partial charge in [-0.3, -0.25) is 9.35 Å². The average molecular weight is 791 g/mol. The van der Waals surface area contributed by atoms with Gasteiger partial charge in [-0.2, -0.15) is 52.7 Å². The summed E-state index contributed by atoms with van der Waals surface area (Å²) in [5.74, 6) is -0.933. The summed E-state index contributed by atoms with van der Waals surface area (Å²) in [6.07, 6.45) is -11.4. The van der Waals surface area contributed by atoms with E-state index in [0.29, 0.717) is 50.0 Å². The highest BCUT2D eigenvalue weighted by atomic mass is 32.2. The van der Waals surface area contributed by atoms with Gasteiger partial charge in [0.05, 0.1) is 30.0 Å². The van der Waals surface area contributed by atoms with Crippen LogP contribution < -0.4 is 9.80 Å². The number of aromatic nitrogens is 4. The lowest BCUT2D eigenvalue weighted by Crippen LogP contribution is -2.33. The molecule has 1 aliphatic carbocycles. The number of alkyl halides is 9. The molecule has 0 spiro atoms. The van der Waals surface area contributed by atoms with Crippen LogP contribution in [-0.2, 0) is 53.6 Å². The summed E-state index contributed by atoms with van der Waals surface area (Å²) in [5, 5.41) is 20.8. The van der Waals surface area contributed by atoms with Crippen LogP contribution in [0.3, 0.4) is 0 Å². The minimum atomic E-state index is -5.11. The fraction of sp³-hybridized carbons (Fsp3) is 0.562. The van der Waals surface area contributed by atoms with Crippen molar-refractivity contribution >= 4 is 27.7 Å². The van der Waals surface area contributed by atoms with Crippen LogP contribution in [0, 0.1) is 18.8 Å². The van der Waals surface area contributed by atoms with E-state index in [1.165, 1.54) is 24.9 Å². The number of aryl methyl sites for hydroxylation is 2. The number of carbonyl (C=O) groups is 1. The van der Waals surface area contributed by atoms with Gasteiger partial charge in [-0.05, 0) is 104 Å². The Morgan fingerprint density at radius 2 is 1.40 bits per heavy atom. The third-order valence-electron chi connectivity index (χ3n) is 8.52. The number of carboxylic acids is 1. The van der Waals surface area contributed by atoms with Gasteiger partial charge in [0.1, 0.15) is 0 Å². The summed E-state index contributed by atoms with van der Waals surface area (Å²) in [6, 6.07) is 3.42. The number of aliphatic carboxylic acids is 1. The molecule has 0 aliphatic heterocycles. The van der Waals surface area contributed by atoms with Gasteiger partial charge >= 0.3 is 24.5 Å². The standard InChI is InChI=1S/C31H35F9N6O2.CH4O3S/c1-4-45(15-20-7-5-19(6-8-20)12-27(47)48)26-9-18(2)25(31(38,39)40)13-22(26)17-46(28-41-43-44(3)42-28)16-21-10-23(29(32,33)34)14-24(11-21)30(35,36)37;1-5(2,3)4/h9-11,13-14,19-20H,4-8,12,15-17H2,1-3H3,(H,47,48);1H3,(H,2,3,4). The number of hydrogen-bond donors (Lipinski definition) is 2. The van der Waals surface area contributed by atoms with Crippen LogP contribution in [0.1, 0.15) is 72.4 Å². The number of hydrogen-bond acceptors (Lipinski definition) is 8. The number of rotatable bonds is 11. The Bertz CT molecular complexity index is 1780. The molecule has 53 heavy (non-hydrogen) atoms. The molecular weight excluding hydrogens is 751 g/mol. The van der Waals surface area contributed by atoms with Crippen molar-refractivity contribution in [3.63, 3.8) is 0 Å². The van der Waals surface area contributed by atoms with Crippen molar-refractivity contribution in [2.75, 3.05) is 29.1 Å². The van der Waals surface area contributed by atoms with E-state index in [0.717, 1.165) is 23.7 Å². The number of anilines is 2. The Hall–Kier alpha value is -4.14. The van der Waals surface area contributed by atoms with Crippen molar-refractivity contribution in [3.8, 4) is 0 Å². The molecule has 2 N–H and O–H groups in total. The third kappa shape index (κ3) is 13.3. The second-order valence-electron chi connectivity index (χ2n) is 12.9. The minimum absolute atomic E-state index is 0.00361. The van der Waals surface area contributed by atoms with Gasteiger partial charge in [0.25, 0.3) is 16.1 Å². The summed E-state index contributed by atoms with van der Waals surface area (Å²) >= 11 is 0. The Labute approximate surface area is 299 Å². The highest BCUT2D eigenvalue weighted by molar-refractivity contribution is 7.85. The Morgan fingerprint density at radius 1 is 0.868 bits per heavy atom. The quantitative estimate of drug-likeness (QED) is 0.149. The first-order valence-corrected chi connectivity index (χ1v) is 18.0. The molecule has 1 fully saturated rings. The summed E-state index contributed by atoms with van der Waals surface area (Å²) < 4.78 is 150. The molecule has 1 heterocycles. The van der Waals surface area contributed by atoms with Crippen LogP contribution >= 0.6 is 0 Å². The smallest absolute Gasteiger partial charge is 0.416 e. The first-order valence-electron chi connectivity index (χ1n) is 16.1. The van der Waals surface area contributed by atoms with Gasteiger partial charge < -0.3 is 14.9 Å². The molecule has 3 aromatic rings. The predicted molar refractivity (Wildman–Crippen MR) is 174 cm³/mol. The van der Waals surface area contributed by atoms with Crippen LogP contribution in [0.5, 0.6) is 0 Å². The predicted octanol–water partition coefficient (Wildman–Crippen LogP) is 7.39. The zero-order valence-corrected chi connectivity index (χ0v) is 29.8. The fourth-order valence-corrected chi connectivity index (χ4v) is 6.17. The highest BCUT2D eigenvalue weighted by Gasteiger charge is 2.38. The third-order valence-corrected chi connectivity index (χ3v) is 8.52. The lowest BCUT2D eigenvalue weighted by molar-refractivity contribution is -0.143. The average Bonchev–Trinajstić information content (AvgIpc) is 3.44. The van der Waals surface area contributed by atoms with Crippen molar-refractivity contribution < 1.29 is 62.4 Å². The molecule has 0 radical (unpaired) electrons. The van der Waals surface area contributed by atoms with E-state index in [1.807, 2.05) is 11.8 Å². The maximum Gasteiger partial charge on any atom is 0.416 e. The maximum absolute atomic E-state index is 14.1. The van der Waals surface area contributed by atoms with Crippen molar-refractivity contribution in [3.05, 3.63) is 63.7 Å². The van der Waals surface area contributed by atoms with Gasteiger partial charge in [0.2, 0.25) is 0 Å². The van der Waals surface area contributed by atoms with E-state index < -0.39 is 70.0 Å².